The Morgan fingerprint density at radius 2 is 1.91 bits per heavy atom. The molecule has 12 heteroatoms. The maximum atomic E-state index is 14.8. The van der Waals surface area contributed by atoms with Crippen molar-refractivity contribution in [2.45, 2.75) is 39.3 Å². The second-order valence-electron chi connectivity index (χ2n) is 12.1. The van der Waals surface area contributed by atoms with Gasteiger partial charge in [0.1, 0.15) is 30.5 Å². The molecule has 1 aliphatic heterocycles. The van der Waals surface area contributed by atoms with E-state index in [1.165, 1.54) is 12.1 Å². The fourth-order valence-corrected chi connectivity index (χ4v) is 5.62. The van der Waals surface area contributed by atoms with E-state index in [-0.39, 0.29) is 5.90 Å². The first-order valence-electron chi connectivity index (χ1n) is 14.6. The first-order chi connectivity index (χ1) is 20.5. The number of nitrogens with zero attached hydrogens (tertiary/aromatic N) is 6. The summed E-state index contributed by atoms with van der Waals surface area (Å²) in [5, 5.41) is 5.22. The Labute approximate surface area is 259 Å². The zero-order chi connectivity index (χ0) is 31.0. The van der Waals surface area contributed by atoms with E-state index in [2.05, 4.69) is 46.6 Å². The Morgan fingerprint density at radius 1 is 1.14 bits per heavy atom. The Kier molecular flexibility index (Phi) is 11.5. The second kappa shape index (κ2) is 15.1. The van der Waals surface area contributed by atoms with Crippen LogP contribution in [0.4, 0.5) is 10.1 Å². The van der Waals surface area contributed by atoms with Crippen LogP contribution < -0.4 is 5.84 Å². The molecule has 232 valence electrons. The number of benzene rings is 1. The van der Waals surface area contributed by atoms with Gasteiger partial charge in [0.15, 0.2) is 0 Å². The van der Waals surface area contributed by atoms with Crippen molar-refractivity contribution in [3.8, 4) is 0 Å². The van der Waals surface area contributed by atoms with E-state index in [4.69, 9.17) is 31.9 Å². The molecule has 43 heavy (non-hydrogen) atoms. The number of aromatic nitrogens is 2. The van der Waals surface area contributed by atoms with Gasteiger partial charge < -0.3 is 24.8 Å². The van der Waals surface area contributed by atoms with Gasteiger partial charge in [-0.1, -0.05) is 31.2 Å². The summed E-state index contributed by atoms with van der Waals surface area (Å²) in [6.07, 6.45) is 5.37. The molecule has 0 atom stereocenters. The highest BCUT2D eigenvalue weighted by molar-refractivity contribution is 6.76. The monoisotopic (exact) mass is 627 g/mol. The van der Waals surface area contributed by atoms with Gasteiger partial charge in [-0.05, 0) is 62.0 Å². The number of aliphatic imine (C=N–C) groups is 1. The van der Waals surface area contributed by atoms with Crippen LogP contribution in [-0.2, 0) is 16.2 Å². The fourth-order valence-electron chi connectivity index (χ4n) is 4.69. The molecule has 2 N–H and O–H groups in total. The minimum atomic E-state index is -1.18. The number of hydrogen-bond donors (Lipinski definition) is 1. The minimum absolute atomic E-state index is 0.162. The van der Waals surface area contributed by atoms with Crippen LogP contribution in [0.2, 0.25) is 30.7 Å². The molecule has 3 aromatic rings. The van der Waals surface area contributed by atoms with Crippen molar-refractivity contribution in [2.24, 2.45) is 15.9 Å². The zero-order valence-electron chi connectivity index (χ0n) is 25.8. The lowest BCUT2D eigenvalue weighted by atomic mass is 10.0. The van der Waals surface area contributed by atoms with Gasteiger partial charge in [0, 0.05) is 75.8 Å². The molecule has 0 aliphatic carbocycles. The van der Waals surface area contributed by atoms with E-state index in [0.717, 1.165) is 49.8 Å². The van der Waals surface area contributed by atoms with E-state index in [1.807, 2.05) is 22.9 Å². The molecule has 9 nitrogen and oxygen atoms in total. The quantitative estimate of drug-likeness (QED) is 0.0676. The molecule has 0 unspecified atom stereocenters. The van der Waals surface area contributed by atoms with Gasteiger partial charge in [0.25, 0.3) is 5.90 Å². The molecular formula is C31H43ClFN7O2Si. The Balaban J connectivity index is 1.62. The van der Waals surface area contributed by atoms with E-state index < -0.39 is 13.9 Å². The number of likely N-dealkylation sites (N-methyl/N-ethyl adjacent to an activating group) is 1. The predicted octanol–water partition coefficient (Wildman–Crippen LogP) is 5.85. The molecule has 3 heterocycles. The highest BCUT2D eigenvalue weighted by atomic mass is 35.5. The smallest absolute Gasteiger partial charge is 0.256 e. The molecule has 1 fully saturated rings. The maximum Gasteiger partial charge on any atom is 0.256 e. The largest absolute Gasteiger partial charge is 0.474 e. The lowest BCUT2D eigenvalue weighted by molar-refractivity contribution is 0.0899. The highest BCUT2D eigenvalue weighted by Crippen LogP contribution is 2.27. The molecular weight excluding hydrogens is 585 g/mol. The van der Waals surface area contributed by atoms with Crippen LogP contribution in [-0.4, -0.2) is 92.0 Å². The summed E-state index contributed by atoms with van der Waals surface area (Å²) in [6.45, 7) is 15.0. The Bertz CT molecular complexity index is 1480. The second-order valence-corrected chi connectivity index (χ2v) is 18.1. The molecule has 2 aromatic heterocycles. The van der Waals surface area contributed by atoms with Crippen LogP contribution in [0, 0.1) is 5.82 Å². The van der Waals surface area contributed by atoms with Gasteiger partial charge >= 0.3 is 0 Å². The third-order valence-electron chi connectivity index (χ3n) is 7.39. The number of hydrogen-bond acceptors (Lipinski definition) is 8. The normalized spacial score (nSPS) is 16.3. The molecule has 0 amide bonds. The number of pyridine rings is 1. The molecule has 0 saturated carbocycles. The molecule has 4 rings (SSSR count). The number of ether oxygens (including phenoxy) is 2. The molecule has 1 saturated heterocycles. The van der Waals surface area contributed by atoms with Crippen molar-refractivity contribution in [3.63, 3.8) is 0 Å². The number of allylic oxidation sites excluding steroid dienone is 1. The number of piperazine rings is 1. The van der Waals surface area contributed by atoms with Crippen molar-refractivity contribution in [3.05, 3.63) is 65.2 Å². The van der Waals surface area contributed by atoms with Crippen molar-refractivity contribution in [2.75, 3.05) is 53.0 Å². The number of nitrogens with two attached hydrogens (primary N) is 1. The van der Waals surface area contributed by atoms with Gasteiger partial charge in [-0.25, -0.2) is 14.4 Å². The lowest BCUT2D eigenvalue weighted by Crippen LogP contribution is -2.45. The summed E-state index contributed by atoms with van der Waals surface area (Å²) < 4.78 is 28.8. The molecule has 0 spiro atoms. The third kappa shape index (κ3) is 9.44. The van der Waals surface area contributed by atoms with Gasteiger partial charge in [0.05, 0.1) is 5.69 Å². The van der Waals surface area contributed by atoms with Gasteiger partial charge in [-0.2, -0.15) is 0 Å². The molecule has 1 aliphatic rings. The average Bonchev–Trinajstić information content (AvgIpc) is 3.39. The van der Waals surface area contributed by atoms with Crippen molar-refractivity contribution in [1.82, 2.24) is 19.4 Å². The molecule has 0 radical (unpaired) electrons. The van der Waals surface area contributed by atoms with Crippen molar-refractivity contribution < 1.29 is 13.9 Å². The Morgan fingerprint density at radius 3 is 2.63 bits per heavy atom. The van der Waals surface area contributed by atoms with Crippen LogP contribution in [0.3, 0.4) is 0 Å². The van der Waals surface area contributed by atoms with Gasteiger partial charge in [0.2, 0.25) is 0 Å². The minimum Gasteiger partial charge on any atom is -0.474 e. The van der Waals surface area contributed by atoms with Crippen molar-refractivity contribution in [1.29, 1.82) is 0 Å². The zero-order valence-corrected chi connectivity index (χ0v) is 27.6. The van der Waals surface area contributed by atoms with Crippen LogP contribution in [0.1, 0.15) is 12.5 Å². The third-order valence-corrected chi connectivity index (χ3v) is 9.33. The van der Waals surface area contributed by atoms with Crippen LogP contribution in [0.15, 0.2) is 58.9 Å². The standard InChI is InChI=1S/C31H43ClFN7O2Si/c1-23(26-21-24(32)6-7-27(26)33)20-29(31(37-34)42-17-16-39-14-12-38(2)13-15-39)36-28-8-10-35-30-25(28)9-11-40(30)22-41-18-19-43(3,4)5/h6-11,20-21H,12-19,22,34H2,1-5H3/b23-20+,36-29?,37-31+. The summed E-state index contributed by atoms with van der Waals surface area (Å²) >= 11 is 6.19. The van der Waals surface area contributed by atoms with E-state index in [1.54, 1.807) is 25.3 Å². The summed E-state index contributed by atoms with van der Waals surface area (Å²) in [4.78, 5) is 14.2. The van der Waals surface area contributed by atoms with Crippen LogP contribution in [0.25, 0.3) is 16.6 Å². The molecule has 0 bridgehead atoms. The summed E-state index contributed by atoms with van der Waals surface area (Å²) in [5.74, 6) is 5.63. The fraction of sp³-hybridized carbons (Fsp3) is 0.452. The number of rotatable bonds is 12. The van der Waals surface area contributed by atoms with E-state index >= 15 is 0 Å². The average molecular weight is 628 g/mol. The topological polar surface area (TPSA) is 93.5 Å². The number of hydrazone groups is 1. The number of fused-ring (bicyclic) bond motifs is 1. The first-order valence-corrected chi connectivity index (χ1v) is 18.7. The van der Waals surface area contributed by atoms with Crippen LogP contribution in [0.5, 0.6) is 0 Å². The predicted molar refractivity (Wildman–Crippen MR) is 178 cm³/mol. The highest BCUT2D eigenvalue weighted by Gasteiger charge is 2.17. The van der Waals surface area contributed by atoms with Gasteiger partial charge in [-0.15, -0.1) is 5.10 Å². The van der Waals surface area contributed by atoms with E-state index in [9.17, 15) is 4.39 Å². The first kappa shape index (κ1) is 32.8. The number of halogens is 2. The van der Waals surface area contributed by atoms with Gasteiger partial charge in [-0.3, -0.25) is 4.90 Å². The van der Waals surface area contributed by atoms with E-state index in [0.29, 0.717) is 47.5 Å². The SMILES string of the molecule is C/C(=C\C(=Nc1ccnc2c1ccn2COCC[Si](C)(C)C)/C(=N\N)OCCN1CCN(C)CC1)c1cc(Cl)ccc1F. The van der Waals surface area contributed by atoms with Crippen molar-refractivity contribution >= 4 is 53.6 Å². The summed E-state index contributed by atoms with van der Waals surface area (Å²) in [7, 11) is 0.940. The lowest BCUT2D eigenvalue weighted by Gasteiger charge is -2.32. The Hall–Kier alpha value is -3.09. The maximum absolute atomic E-state index is 14.8. The molecule has 1 aromatic carbocycles. The van der Waals surface area contributed by atoms with Crippen LogP contribution >= 0.6 is 11.6 Å². The summed E-state index contributed by atoms with van der Waals surface area (Å²) in [5.41, 5.74) is 2.72. The summed E-state index contributed by atoms with van der Waals surface area (Å²) in [6, 6.07) is 9.32.